The Hall–Kier alpha value is -2.68. The van der Waals surface area contributed by atoms with Crippen molar-refractivity contribution < 1.29 is 14.2 Å². The van der Waals surface area contributed by atoms with Crippen molar-refractivity contribution in [3.8, 4) is 11.8 Å². The molecule has 2 aromatic rings. The predicted octanol–water partition coefficient (Wildman–Crippen LogP) is 3.15. The van der Waals surface area contributed by atoms with Gasteiger partial charge in [-0.3, -0.25) is 4.98 Å². The third kappa shape index (κ3) is 2.78. The maximum Gasteiger partial charge on any atom is 0.200 e. The highest BCUT2D eigenvalue weighted by molar-refractivity contribution is 5.85. The van der Waals surface area contributed by atoms with Crippen LogP contribution in [0.25, 0.3) is 5.57 Å². The molecule has 1 aliphatic rings. The van der Waals surface area contributed by atoms with Gasteiger partial charge >= 0.3 is 0 Å². The highest BCUT2D eigenvalue weighted by atomic mass is 16.7. The van der Waals surface area contributed by atoms with Crippen molar-refractivity contribution in [1.82, 2.24) is 4.98 Å². The van der Waals surface area contributed by atoms with E-state index in [1.807, 2.05) is 31.2 Å². The van der Waals surface area contributed by atoms with Gasteiger partial charge < -0.3 is 14.2 Å². The number of fused-ring (bicyclic) bond motifs is 1. The van der Waals surface area contributed by atoms with Crippen molar-refractivity contribution >= 4 is 5.57 Å². The molecule has 0 saturated carbocycles. The first-order valence-electron chi connectivity index (χ1n) is 7.53. The third-order valence-electron chi connectivity index (χ3n) is 4.03. The molecule has 0 N–H and O–H groups in total. The van der Waals surface area contributed by atoms with Crippen molar-refractivity contribution in [2.75, 3.05) is 14.2 Å². The molecule has 5 nitrogen and oxygen atoms in total. The van der Waals surface area contributed by atoms with E-state index in [2.05, 4.69) is 11.1 Å². The van der Waals surface area contributed by atoms with Gasteiger partial charge in [0.2, 0.25) is 6.29 Å². The summed E-state index contributed by atoms with van der Waals surface area (Å²) in [5, 5.41) is 9.20. The van der Waals surface area contributed by atoms with Crippen LogP contribution in [-0.2, 0) is 9.47 Å². The van der Waals surface area contributed by atoms with E-state index in [-0.39, 0.29) is 0 Å². The van der Waals surface area contributed by atoms with Crippen LogP contribution in [0.1, 0.15) is 23.6 Å². The molecule has 0 amide bonds. The molecule has 5 heteroatoms. The molecule has 122 valence electrons. The molecule has 1 aromatic carbocycles. The Kier molecular flexibility index (Phi) is 4.34. The topological polar surface area (TPSA) is 64.4 Å². The van der Waals surface area contributed by atoms with Crippen LogP contribution in [0, 0.1) is 11.3 Å². The van der Waals surface area contributed by atoms with Gasteiger partial charge in [-0.15, -0.1) is 0 Å². The van der Waals surface area contributed by atoms with Crippen LogP contribution in [0.15, 0.2) is 48.8 Å². The van der Waals surface area contributed by atoms with Crippen LogP contribution >= 0.6 is 0 Å². The normalized spacial score (nSPS) is 19.2. The summed E-state index contributed by atoms with van der Waals surface area (Å²) in [7, 11) is 3.16. The predicted molar refractivity (Wildman–Crippen MR) is 89.3 cm³/mol. The smallest absolute Gasteiger partial charge is 0.200 e. The summed E-state index contributed by atoms with van der Waals surface area (Å²) in [6.07, 6.45) is 4.90. The average Bonchev–Trinajstić information content (AvgIpc) is 2.62. The maximum absolute atomic E-state index is 9.20. The lowest BCUT2D eigenvalue weighted by Gasteiger charge is -2.38. The van der Waals surface area contributed by atoms with Crippen molar-refractivity contribution in [1.29, 1.82) is 5.26 Å². The summed E-state index contributed by atoms with van der Waals surface area (Å²) in [6.45, 7) is 1.90. The average molecular weight is 322 g/mol. The second kappa shape index (κ2) is 6.44. The minimum Gasteiger partial charge on any atom is -0.477 e. The summed E-state index contributed by atoms with van der Waals surface area (Å²) in [5.74, 6) is 0.678. The molecule has 1 aliphatic heterocycles. The Labute approximate surface area is 141 Å². The number of methoxy groups -OCH3 is 2. The monoisotopic (exact) mass is 322 g/mol. The van der Waals surface area contributed by atoms with E-state index in [0.717, 1.165) is 16.7 Å². The fourth-order valence-electron chi connectivity index (χ4n) is 2.97. The SMILES string of the molecule is COC(OC)C1(C)C=C(c2cccnc2)c2cc(C#N)ccc2O1. The molecule has 0 aliphatic carbocycles. The molecule has 1 aromatic heterocycles. The first-order chi connectivity index (χ1) is 11.6. The molecule has 0 bridgehead atoms. The molecule has 24 heavy (non-hydrogen) atoms. The van der Waals surface area contributed by atoms with Crippen molar-refractivity contribution in [2.24, 2.45) is 0 Å². The van der Waals surface area contributed by atoms with E-state index < -0.39 is 11.9 Å². The summed E-state index contributed by atoms with van der Waals surface area (Å²) < 4.78 is 17.0. The largest absolute Gasteiger partial charge is 0.477 e. The van der Waals surface area contributed by atoms with Gasteiger partial charge in [-0.1, -0.05) is 6.07 Å². The quantitative estimate of drug-likeness (QED) is 0.809. The standard InChI is InChI=1S/C19H18N2O3/c1-19(18(22-2)23-3)10-16(14-5-4-8-21-12-14)15-9-13(11-20)6-7-17(15)24-19/h4-10,12,18H,1-3H3. The number of hydrogen-bond donors (Lipinski definition) is 0. The fraction of sp³-hybridized carbons (Fsp3) is 0.263. The molecule has 3 rings (SSSR count). The molecule has 0 spiro atoms. The van der Waals surface area contributed by atoms with Gasteiger partial charge in [0.15, 0.2) is 5.60 Å². The molecule has 2 heterocycles. The molecular weight excluding hydrogens is 304 g/mol. The zero-order valence-electron chi connectivity index (χ0n) is 13.8. The van der Waals surface area contributed by atoms with Crippen LogP contribution in [0.3, 0.4) is 0 Å². The van der Waals surface area contributed by atoms with Crippen LogP contribution < -0.4 is 4.74 Å². The Bertz CT molecular complexity index is 807. The van der Waals surface area contributed by atoms with E-state index in [1.165, 1.54) is 0 Å². The zero-order valence-corrected chi connectivity index (χ0v) is 13.8. The van der Waals surface area contributed by atoms with E-state index in [0.29, 0.717) is 11.3 Å². The maximum atomic E-state index is 9.20. The van der Waals surface area contributed by atoms with Gasteiger partial charge in [-0.05, 0) is 42.8 Å². The Balaban J connectivity index is 2.20. The number of aromatic nitrogens is 1. The molecule has 1 unspecified atom stereocenters. The van der Waals surface area contributed by atoms with Crippen molar-refractivity contribution in [2.45, 2.75) is 18.8 Å². The van der Waals surface area contributed by atoms with Gasteiger partial charge in [0.1, 0.15) is 5.75 Å². The summed E-state index contributed by atoms with van der Waals surface area (Å²) in [5.41, 5.74) is 2.49. The second-order valence-electron chi connectivity index (χ2n) is 5.71. The first kappa shape index (κ1) is 16.2. The molecular formula is C19H18N2O3. The number of ether oxygens (including phenoxy) is 3. The van der Waals surface area contributed by atoms with E-state index >= 15 is 0 Å². The number of hydrogen-bond acceptors (Lipinski definition) is 5. The van der Waals surface area contributed by atoms with Gasteiger partial charge in [0.25, 0.3) is 0 Å². The van der Waals surface area contributed by atoms with E-state index in [4.69, 9.17) is 14.2 Å². The molecule has 0 saturated heterocycles. The Morgan fingerprint density at radius 2 is 2.04 bits per heavy atom. The zero-order chi connectivity index (χ0) is 17.2. The van der Waals surface area contributed by atoms with Gasteiger partial charge in [-0.2, -0.15) is 5.26 Å². The Morgan fingerprint density at radius 3 is 2.67 bits per heavy atom. The number of benzene rings is 1. The number of nitriles is 1. The minimum absolute atomic E-state index is 0.575. The van der Waals surface area contributed by atoms with E-state index in [1.54, 1.807) is 38.7 Å². The first-order valence-corrected chi connectivity index (χ1v) is 7.53. The second-order valence-corrected chi connectivity index (χ2v) is 5.71. The number of rotatable bonds is 4. The number of nitrogens with zero attached hydrogens (tertiary/aromatic N) is 2. The van der Waals surface area contributed by atoms with Crippen molar-refractivity contribution in [3.05, 3.63) is 65.5 Å². The van der Waals surface area contributed by atoms with Crippen LogP contribution in [0.2, 0.25) is 0 Å². The minimum atomic E-state index is -0.810. The third-order valence-corrected chi connectivity index (χ3v) is 4.03. The van der Waals surface area contributed by atoms with E-state index in [9.17, 15) is 5.26 Å². The lowest BCUT2D eigenvalue weighted by molar-refractivity contribution is -0.180. The summed E-state index contributed by atoms with van der Waals surface area (Å²) in [4.78, 5) is 4.20. The highest BCUT2D eigenvalue weighted by Gasteiger charge is 2.40. The van der Waals surface area contributed by atoms with Crippen LogP contribution in [0.4, 0.5) is 0 Å². The highest BCUT2D eigenvalue weighted by Crippen LogP contribution is 2.41. The lowest BCUT2D eigenvalue weighted by Crippen LogP contribution is -2.47. The molecule has 0 radical (unpaired) electrons. The van der Waals surface area contributed by atoms with Crippen molar-refractivity contribution in [3.63, 3.8) is 0 Å². The summed E-state index contributed by atoms with van der Waals surface area (Å²) >= 11 is 0. The Morgan fingerprint density at radius 1 is 1.25 bits per heavy atom. The summed E-state index contributed by atoms with van der Waals surface area (Å²) in [6, 6.07) is 11.4. The van der Waals surface area contributed by atoms with Gasteiger partial charge in [0.05, 0.1) is 11.6 Å². The van der Waals surface area contributed by atoms with Crippen LogP contribution in [-0.4, -0.2) is 31.1 Å². The van der Waals surface area contributed by atoms with Crippen LogP contribution in [0.5, 0.6) is 5.75 Å². The van der Waals surface area contributed by atoms with Gasteiger partial charge in [-0.25, -0.2) is 0 Å². The van der Waals surface area contributed by atoms with Gasteiger partial charge in [0, 0.05) is 37.7 Å². The fourth-order valence-corrected chi connectivity index (χ4v) is 2.97. The molecule has 1 atom stereocenters. The molecule has 0 fully saturated rings. The number of pyridine rings is 1. The lowest BCUT2D eigenvalue weighted by atomic mass is 9.88.